The summed E-state index contributed by atoms with van der Waals surface area (Å²) in [5, 5.41) is 0. The lowest BCUT2D eigenvalue weighted by molar-refractivity contribution is -0.926. The first-order chi connectivity index (χ1) is 13.9. The van der Waals surface area contributed by atoms with Crippen molar-refractivity contribution in [1.82, 2.24) is 4.72 Å². The van der Waals surface area contributed by atoms with E-state index in [0.717, 1.165) is 36.2 Å². The van der Waals surface area contributed by atoms with Crippen LogP contribution in [-0.4, -0.2) is 42.3 Å². The number of nitrogens with one attached hydrogen (secondary N) is 2. The van der Waals surface area contributed by atoms with Gasteiger partial charge in [0.1, 0.15) is 6.04 Å². The van der Waals surface area contributed by atoms with E-state index in [2.05, 4.69) is 11.3 Å². The first-order valence-corrected chi connectivity index (χ1v) is 11.1. The molecule has 0 fully saturated rings. The number of ether oxygens (including phenoxy) is 2. The minimum absolute atomic E-state index is 0.0446. The normalized spacial score (nSPS) is 18.7. The fraction of sp³-hybridized carbons (Fsp3) is 0.364. The molecule has 156 valence electrons. The molecule has 1 aliphatic heterocycles. The molecule has 0 saturated heterocycles. The SMILES string of the molecule is C=CC[NH+]1CCc2cc(OC)c(OC)cc2[C@@H]1CNS(=O)(=O)c1ccc(C)cc1. The number of fused-ring (bicyclic) bond motifs is 1. The van der Waals surface area contributed by atoms with Crippen molar-refractivity contribution in [2.75, 3.05) is 33.9 Å². The van der Waals surface area contributed by atoms with Gasteiger partial charge in [-0.3, -0.25) is 0 Å². The number of rotatable bonds is 8. The van der Waals surface area contributed by atoms with E-state index < -0.39 is 10.0 Å². The zero-order valence-electron chi connectivity index (χ0n) is 17.2. The van der Waals surface area contributed by atoms with Gasteiger partial charge in [0.2, 0.25) is 10.0 Å². The van der Waals surface area contributed by atoms with Crippen molar-refractivity contribution in [2.24, 2.45) is 0 Å². The van der Waals surface area contributed by atoms with Crippen LogP contribution in [0.25, 0.3) is 0 Å². The topological polar surface area (TPSA) is 69.1 Å². The van der Waals surface area contributed by atoms with Crippen molar-refractivity contribution in [3.05, 3.63) is 65.7 Å². The van der Waals surface area contributed by atoms with Gasteiger partial charge in [-0.1, -0.05) is 24.3 Å². The van der Waals surface area contributed by atoms with Crippen LogP contribution in [0.4, 0.5) is 0 Å². The van der Waals surface area contributed by atoms with Crippen LogP contribution in [-0.2, 0) is 16.4 Å². The van der Waals surface area contributed by atoms with E-state index in [1.54, 1.807) is 38.5 Å². The molecule has 29 heavy (non-hydrogen) atoms. The third-order valence-electron chi connectivity index (χ3n) is 5.44. The molecule has 2 N–H and O–H groups in total. The number of benzene rings is 2. The number of hydrogen-bond acceptors (Lipinski definition) is 4. The second-order valence-corrected chi connectivity index (χ2v) is 9.04. The van der Waals surface area contributed by atoms with E-state index >= 15 is 0 Å². The van der Waals surface area contributed by atoms with Crippen LogP contribution in [0.15, 0.2) is 53.9 Å². The molecule has 0 bridgehead atoms. The van der Waals surface area contributed by atoms with Crippen LogP contribution < -0.4 is 19.1 Å². The predicted molar refractivity (Wildman–Crippen MR) is 113 cm³/mol. The molecule has 6 nitrogen and oxygen atoms in total. The molecule has 1 unspecified atom stereocenters. The monoisotopic (exact) mass is 417 g/mol. The third-order valence-corrected chi connectivity index (χ3v) is 6.88. The van der Waals surface area contributed by atoms with E-state index in [1.165, 1.54) is 4.90 Å². The van der Waals surface area contributed by atoms with Gasteiger partial charge >= 0.3 is 0 Å². The molecule has 0 aromatic heterocycles. The van der Waals surface area contributed by atoms with Crippen molar-refractivity contribution in [3.8, 4) is 11.5 Å². The molecule has 2 aromatic carbocycles. The zero-order valence-corrected chi connectivity index (χ0v) is 18.0. The highest BCUT2D eigenvalue weighted by atomic mass is 32.2. The molecule has 2 aromatic rings. The van der Waals surface area contributed by atoms with Crippen LogP contribution in [0.1, 0.15) is 22.7 Å². The summed E-state index contributed by atoms with van der Waals surface area (Å²) in [5.41, 5.74) is 3.26. The minimum Gasteiger partial charge on any atom is -0.493 e. The largest absolute Gasteiger partial charge is 0.493 e. The van der Waals surface area contributed by atoms with Crippen molar-refractivity contribution in [2.45, 2.75) is 24.3 Å². The van der Waals surface area contributed by atoms with Gasteiger partial charge in [0.05, 0.1) is 38.7 Å². The second-order valence-electron chi connectivity index (χ2n) is 7.27. The van der Waals surface area contributed by atoms with Gasteiger partial charge in [0.25, 0.3) is 0 Å². The molecule has 0 spiro atoms. The highest BCUT2D eigenvalue weighted by Gasteiger charge is 2.33. The predicted octanol–water partition coefficient (Wildman–Crippen LogP) is 1.66. The first-order valence-electron chi connectivity index (χ1n) is 9.66. The Morgan fingerprint density at radius 3 is 2.45 bits per heavy atom. The smallest absolute Gasteiger partial charge is 0.240 e. The molecule has 0 saturated carbocycles. The summed E-state index contributed by atoms with van der Waals surface area (Å²) in [5.74, 6) is 1.34. The molecule has 3 rings (SSSR count). The molecule has 1 aliphatic rings. The molecule has 1 heterocycles. The highest BCUT2D eigenvalue weighted by Crippen LogP contribution is 2.34. The van der Waals surface area contributed by atoms with Crippen LogP contribution in [0.2, 0.25) is 0 Å². The van der Waals surface area contributed by atoms with E-state index in [1.807, 2.05) is 25.1 Å². The number of aryl methyl sites for hydroxylation is 1. The van der Waals surface area contributed by atoms with Crippen LogP contribution in [0, 0.1) is 6.92 Å². The summed E-state index contributed by atoms with van der Waals surface area (Å²) in [7, 11) is -0.363. The van der Waals surface area contributed by atoms with Gasteiger partial charge in [-0.15, -0.1) is 0 Å². The summed E-state index contributed by atoms with van der Waals surface area (Å²) in [6.45, 7) is 7.74. The van der Waals surface area contributed by atoms with E-state index in [0.29, 0.717) is 18.0 Å². The van der Waals surface area contributed by atoms with Crippen molar-refractivity contribution in [3.63, 3.8) is 0 Å². The average Bonchev–Trinajstić information content (AvgIpc) is 2.72. The summed E-state index contributed by atoms with van der Waals surface area (Å²) in [6, 6.07) is 10.8. The molecule has 7 heteroatoms. The molecular weight excluding hydrogens is 388 g/mol. The Bertz CT molecular complexity index is 971. The number of methoxy groups -OCH3 is 2. The number of quaternary nitrogens is 1. The first kappa shape index (κ1) is 21.4. The highest BCUT2D eigenvalue weighted by molar-refractivity contribution is 7.89. The van der Waals surface area contributed by atoms with Crippen LogP contribution in [0.3, 0.4) is 0 Å². The van der Waals surface area contributed by atoms with Crippen molar-refractivity contribution < 1.29 is 22.8 Å². The Morgan fingerprint density at radius 2 is 1.83 bits per heavy atom. The molecule has 0 radical (unpaired) electrons. The van der Waals surface area contributed by atoms with Crippen LogP contribution in [0.5, 0.6) is 11.5 Å². The Morgan fingerprint density at radius 1 is 1.17 bits per heavy atom. The van der Waals surface area contributed by atoms with Crippen molar-refractivity contribution in [1.29, 1.82) is 0 Å². The Balaban J connectivity index is 1.91. The fourth-order valence-electron chi connectivity index (χ4n) is 3.84. The van der Waals surface area contributed by atoms with E-state index in [9.17, 15) is 8.42 Å². The lowest BCUT2D eigenvalue weighted by atomic mass is 9.92. The van der Waals surface area contributed by atoms with Crippen LogP contribution >= 0.6 is 0 Å². The summed E-state index contributed by atoms with van der Waals surface area (Å²) >= 11 is 0. The Labute approximate surface area is 173 Å². The Hall–Kier alpha value is -2.35. The minimum atomic E-state index is -3.59. The summed E-state index contributed by atoms with van der Waals surface area (Å²) in [6.07, 6.45) is 2.77. The summed E-state index contributed by atoms with van der Waals surface area (Å²) in [4.78, 5) is 1.54. The van der Waals surface area contributed by atoms with Gasteiger partial charge in [-0.2, -0.15) is 0 Å². The lowest BCUT2D eigenvalue weighted by Gasteiger charge is -2.34. The molecule has 0 amide bonds. The third kappa shape index (κ3) is 4.63. The molecule has 0 aliphatic carbocycles. The Kier molecular flexibility index (Phi) is 6.62. The number of sulfonamides is 1. The van der Waals surface area contributed by atoms with Gasteiger partial charge < -0.3 is 14.4 Å². The van der Waals surface area contributed by atoms with Gasteiger partial charge in [0, 0.05) is 12.0 Å². The van der Waals surface area contributed by atoms with Crippen molar-refractivity contribution >= 4 is 10.0 Å². The maximum Gasteiger partial charge on any atom is 0.240 e. The average molecular weight is 418 g/mol. The number of hydrogen-bond donors (Lipinski definition) is 2. The second kappa shape index (κ2) is 8.98. The summed E-state index contributed by atoms with van der Waals surface area (Å²) < 4.78 is 39.3. The van der Waals surface area contributed by atoms with Gasteiger partial charge in [0.15, 0.2) is 11.5 Å². The van der Waals surface area contributed by atoms with E-state index in [4.69, 9.17) is 9.47 Å². The van der Waals surface area contributed by atoms with Gasteiger partial charge in [-0.05, 0) is 42.8 Å². The molecular formula is C22H29N2O4S+. The quantitative estimate of drug-likeness (QED) is 0.641. The lowest BCUT2D eigenvalue weighted by Crippen LogP contribution is -3.13. The van der Waals surface area contributed by atoms with Gasteiger partial charge in [-0.25, -0.2) is 13.1 Å². The molecule has 2 atom stereocenters. The fourth-order valence-corrected chi connectivity index (χ4v) is 4.89. The maximum absolute atomic E-state index is 12.8. The zero-order chi connectivity index (χ0) is 21.0. The maximum atomic E-state index is 12.8. The van der Waals surface area contributed by atoms with E-state index in [-0.39, 0.29) is 10.9 Å². The standard InChI is InChI=1S/C22H28N2O4S/c1-5-11-24-12-10-17-13-21(27-3)22(28-4)14-19(17)20(24)15-23-29(25,26)18-8-6-16(2)7-9-18/h5-9,13-14,20,23H,1,10-12,15H2,2-4H3/p+1/t20-/m0/s1.